The summed E-state index contributed by atoms with van der Waals surface area (Å²) in [7, 11) is 2.03. The number of piperidine rings is 1. The van der Waals surface area contributed by atoms with Crippen molar-refractivity contribution < 1.29 is 13.2 Å². The van der Waals surface area contributed by atoms with E-state index in [9.17, 15) is 13.2 Å². The summed E-state index contributed by atoms with van der Waals surface area (Å²) in [6, 6.07) is 5.97. The van der Waals surface area contributed by atoms with Crippen LogP contribution in [0.4, 0.5) is 25.1 Å². The number of hydrogen-bond acceptors (Lipinski definition) is 5. The molecule has 0 aliphatic carbocycles. The molecule has 1 aromatic carbocycles. The summed E-state index contributed by atoms with van der Waals surface area (Å²) in [4.78, 5) is 8.48. The number of aromatic amines is 1. The SMILES string of the molecule is CN(CCc1cccc(C(F)(F)F)c1)C1CCN(c2nc(N)n[nH]2)CC1. The van der Waals surface area contributed by atoms with E-state index in [1.165, 1.54) is 12.1 Å². The second-order valence-electron chi connectivity index (χ2n) is 6.66. The number of H-pyrrole nitrogens is 1. The van der Waals surface area contributed by atoms with Gasteiger partial charge in [-0.3, -0.25) is 0 Å². The topological polar surface area (TPSA) is 74.1 Å². The Morgan fingerprint density at radius 3 is 2.65 bits per heavy atom. The molecule has 26 heavy (non-hydrogen) atoms. The summed E-state index contributed by atoms with van der Waals surface area (Å²) < 4.78 is 38.4. The molecule has 0 atom stereocenters. The van der Waals surface area contributed by atoms with Gasteiger partial charge in [0.15, 0.2) is 0 Å². The van der Waals surface area contributed by atoms with E-state index >= 15 is 0 Å². The minimum absolute atomic E-state index is 0.236. The van der Waals surface area contributed by atoms with Gasteiger partial charge in [0.1, 0.15) is 0 Å². The van der Waals surface area contributed by atoms with Crippen LogP contribution in [0.5, 0.6) is 0 Å². The highest BCUT2D eigenvalue weighted by molar-refractivity contribution is 5.34. The van der Waals surface area contributed by atoms with Crippen LogP contribution >= 0.6 is 0 Å². The van der Waals surface area contributed by atoms with Gasteiger partial charge in [-0.1, -0.05) is 18.2 Å². The average Bonchev–Trinajstić information content (AvgIpc) is 3.06. The fraction of sp³-hybridized carbons (Fsp3) is 0.529. The van der Waals surface area contributed by atoms with Crippen LogP contribution in [0.1, 0.15) is 24.0 Å². The number of halogens is 3. The highest BCUT2D eigenvalue weighted by Crippen LogP contribution is 2.29. The monoisotopic (exact) mass is 368 g/mol. The van der Waals surface area contributed by atoms with E-state index in [0.29, 0.717) is 24.0 Å². The maximum atomic E-state index is 12.8. The predicted octanol–water partition coefficient (Wildman–Crippen LogP) is 2.55. The summed E-state index contributed by atoms with van der Waals surface area (Å²) in [5, 5.41) is 6.66. The van der Waals surface area contributed by atoms with Crippen molar-refractivity contribution in [1.82, 2.24) is 20.1 Å². The highest BCUT2D eigenvalue weighted by Gasteiger charge is 2.30. The van der Waals surface area contributed by atoms with Gasteiger partial charge in [0.2, 0.25) is 11.9 Å². The lowest BCUT2D eigenvalue weighted by Gasteiger charge is -2.36. The lowest BCUT2D eigenvalue weighted by atomic mass is 10.0. The van der Waals surface area contributed by atoms with E-state index in [1.807, 2.05) is 7.05 Å². The van der Waals surface area contributed by atoms with Crippen LogP contribution in [0.3, 0.4) is 0 Å². The van der Waals surface area contributed by atoms with Crippen LogP contribution in [0.15, 0.2) is 24.3 Å². The molecular weight excluding hydrogens is 345 g/mol. The first-order valence-electron chi connectivity index (χ1n) is 8.62. The molecule has 1 aliphatic heterocycles. The summed E-state index contributed by atoms with van der Waals surface area (Å²) in [6.45, 7) is 2.40. The molecule has 3 rings (SSSR count). The number of nitrogen functional groups attached to an aromatic ring is 1. The first-order valence-corrected chi connectivity index (χ1v) is 8.62. The maximum Gasteiger partial charge on any atom is 0.416 e. The molecule has 142 valence electrons. The first kappa shape index (κ1) is 18.5. The van der Waals surface area contributed by atoms with Gasteiger partial charge in [-0.05, 0) is 37.9 Å². The van der Waals surface area contributed by atoms with E-state index in [1.54, 1.807) is 6.07 Å². The molecule has 0 bridgehead atoms. The average molecular weight is 368 g/mol. The zero-order chi connectivity index (χ0) is 18.7. The second kappa shape index (κ2) is 7.53. The minimum atomic E-state index is -4.29. The number of hydrogen-bond donors (Lipinski definition) is 2. The van der Waals surface area contributed by atoms with Gasteiger partial charge < -0.3 is 15.5 Å². The summed E-state index contributed by atoms with van der Waals surface area (Å²) in [6.07, 6.45) is -1.78. The lowest BCUT2D eigenvalue weighted by molar-refractivity contribution is -0.137. The van der Waals surface area contributed by atoms with Crippen molar-refractivity contribution in [2.75, 3.05) is 37.3 Å². The molecule has 2 heterocycles. The molecule has 0 saturated carbocycles. The number of nitrogens with two attached hydrogens (primary N) is 1. The number of benzene rings is 1. The van der Waals surface area contributed by atoms with Crippen molar-refractivity contribution >= 4 is 11.9 Å². The largest absolute Gasteiger partial charge is 0.416 e. The van der Waals surface area contributed by atoms with Gasteiger partial charge in [-0.25, -0.2) is 5.10 Å². The molecule has 1 fully saturated rings. The number of rotatable bonds is 5. The maximum absolute atomic E-state index is 12.8. The van der Waals surface area contributed by atoms with Crippen molar-refractivity contribution in [2.45, 2.75) is 31.5 Å². The molecule has 0 unspecified atom stereocenters. The molecule has 1 aromatic heterocycles. The Kier molecular flexibility index (Phi) is 5.36. The quantitative estimate of drug-likeness (QED) is 0.849. The standard InChI is InChI=1S/C17H23F3N6/c1-25(8-5-12-3-2-4-13(11-12)17(18,19)20)14-6-9-26(10-7-14)16-22-15(21)23-24-16/h2-4,11,14H,5-10H2,1H3,(H3,21,22,23,24). The molecule has 3 N–H and O–H groups in total. The fourth-order valence-electron chi connectivity index (χ4n) is 3.32. The molecule has 0 amide bonds. The van der Waals surface area contributed by atoms with Crippen LogP contribution < -0.4 is 10.6 Å². The number of aromatic nitrogens is 3. The summed E-state index contributed by atoms with van der Waals surface area (Å²) >= 11 is 0. The first-order chi connectivity index (χ1) is 12.3. The van der Waals surface area contributed by atoms with Crippen molar-refractivity contribution in [1.29, 1.82) is 0 Å². The Hall–Kier alpha value is -2.29. The van der Waals surface area contributed by atoms with E-state index in [2.05, 4.69) is 25.0 Å². The highest BCUT2D eigenvalue weighted by atomic mass is 19.4. The predicted molar refractivity (Wildman–Crippen MR) is 93.8 cm³/mol. The molecule has 1 saturated heterocycles. The number of nitrogens with zero attached hydrogens (tertiary/aromatic N) is 4. The fourth-order valence-corrected chi connectivity index (χ4v) is 3.32. The Morgan fingerprint density at radius 2 is 2.04 bits per heavy atom. The van der Waals surface area contributed by atoms with Gasteiger partial charge in [0.25, 0.3) is 0 Å². The molecule has 0 radical (unpaired) electrons. The van der Waals surface area contributed by atoms with Crippen molar-refractivity contribution in [2.24, 2.45) is 0 Å². The number of anilines is 2. The van der Waals surface area contributed by atoms with Gasteiger partial charge in [-0.2, -0.15) is 18.2 Å². The van der Waals surface area contributed by atoms with Crippen LogP contribution in [-0.4, -0.2) is 52.8 Å². The smallest absolute Gasteiger partial charge is 0.366 e. The van der Waals surface area contributed by atoms with Crippen LogP contribution in [0, 0.1) is 0 Å². The summed E-state index contributed by atoms with van der Waals surface area (Å²) in [5.74, 6) is 0.924. The van der Waals surface area contributed by atoms with Gasteiger partial charge in [-0.15, -0.1) is 5.10 Å². The van der Waals surface area contributed by atoms with E-state index in [4.69, 9.17) is 5.73 Å². The van der Waals surface area contributed by atoms with Crippen molar-refractivity contribution in [3.8, 4) is 0 Å². The molecular formula is C17H23F3N6. The Labute approximate surface area is 150 Å². The Balaban J connectivity index is 1.49. The third kappa shape index (κ3) is 4.46. The normalized spacial score (nSPS) is 16.4. The minimum Gasteiger partial charge on any atom is -0.366 e. The second-order valence-corrected chi connectivity index (χ2v) is 6.66. The third-order valence-electron chi connectivity index (χ3n) is 4.89. The number of nitrogens with one attached hydrogen (secondary N) is 1. The number of likely N-dealkylation sites (N-methyl/N-ethyl adjacent to an activating group) is 1. The van der Waals surface area contributed by atoms with Crippen molar-refractivity contribution in [3.05, 3.63) is 35.4 Å². The lowest BCUT2D eigenvalue weighted by Crippen LogP contribution is -2.44. The molecule has 6 nitrogen and oxygen atoms in total. The van der Waals surface area contributed by atoms with Crippen LogP contribution in [-0.2, 0) is 12.6 Å². The molecule has 2 aromatic rings. The van der Waals surface area contributed by atoms with E-state index < -0.39 is 11.7 Å². The molecule has 9 heteroatoms. The molecule has 0 spiro atoms. The van der Waals surface area contributed by atoms with Crippen LogP contribution in [0.25, 0.3) is 0 Å². The Morgan fingerprint density at radius 1 is 1.31 bits per heavy atom. The summed E-state index contributed by atoms with van der Waals surface area (Å²) in [5.41, 5.74) is 5.66. The van der Waals surface area contributed by atoms with Crippen molar-refractivity contribution in [3.63, 3.8) is 0 Å². The van der Waals surface area contributed by atoms with E-state index in [-0.39, 0.29) is 5.95 Å². The van der Waals surface area contributed by atoms with Crippen LogP contribution in [0.2, 0.25) is 0 Å². The molecule has 1 aliphatic rings. The number of alkyl halides is 3. The Bertz CT molecular complexity index is 721. The zero-order valence-electron chi connectivity index (χ0n) is 14.6. The van der Waals surface area contributed by atoms with Gasteiger partial charge >= 0.3 is 6.18 Å². The third-order valence-corrected chi connectivity index (χ3v) is 4.89. The van der Waals surface area contributed by atoms with Gasteiger partial charge in [0, 0.05) is 25.7 Å². The zero-order valence-corrected chi connectivity index (χ0v) is 14.6. The van der Waals surface area contributed by atoms with E-state index in [0.717, 1.165) is 38.5 Å². The van der Waals surface area contributed by atoms with Gasteiger partial charge in [0.05, 0.1) is 5.56 Å².